The molecule has 0 spiro atoms. The molecule has 0 saturated carbocycles. The highest BCUT2D eigenvalue weighted by Crippen LogP contribution is 2.19. The van der Waals surface area contributed by atoms with Crippen LogP contribution in [0, 0.1) is 0 Å². The second-order valence-electron chi connectivity index (χ2n) is 3.68. The Morgan fingerprint density at radius 3 is 2.95 bits per heavy atom. The molecule has 0 atom stereocenters. The number of carbonyl (C=O) groups is 1. The van der Waals surface area contributed by atoms with Crippen molar-refractivity contribution in [2.45, 2.75) is 6.54 Å². The standard InChI is InChI=1S/C13H14N4O2/c1-2-5-16-13(18)17-9-10-12(15-7-6-14-10)11-4-3-8-19-11/h2-4,6-8H,1,5,9H2,(H2,16,17,18). The van der Waals surface area contributed by atoms with Crippen molar-refractivity contribution >= 4 is 6.03 Å². The molecule has 19 heavy (non-hydrogen) atoms. The van der Waals surface area contributed by atoms with Crippen molar-refractivity contribution in [3.63, 3.8) is 0 Å². The van der Waals surface area contributed by atoms with Crippen LogP contribution in [0.1, 0.15) is 5.69 Å². The molecule has 0 unspecified atom stereocenters. The van der Waals surface area contributed by atoms with Crippen LogP contribution in [0.15, 0.2) is 47.9 Å². The molecule has 2 aromatic rings. The summed E-state index contributed by atoms with van der Waals surface area (Å²) < 4.78 is 5.29. The van der Waals surface area contributed by atoms with Crippen LogP contribution >= 0.6 is 0 Å². The molecular weight excluding hydrogens is 244 g/mol. The van der Waals surface area contributed by atoms with Crippen molar-refractivity contribution in [2.75, 3.05) is 6.54 Å². The van der Waals surface area contributed by atoms with Crippen LogP contribution in [-0.2, 0) is 6.54 Å². The number of carbonyl (C=O) groups excluding carboxylic acids is 1. The maximum Gasteiger partial charge on any atom is 0.315 e. The van der Waals surface area contributed by atoms with E-state index in [0.29, 0.717) is 23.7 Å². The van der Waals surface area contributed by atoms with E-state index in [-0.39, 0.29) is 12.6 Å². The quantitative estimate of drug-likeness (QED) is 0.800. The minimum Gasteiger partial charge on any atom is -0.463 e. The maximum atomic E-state index is 11.4. The van der Waals surface area contributed by atoms with E-state index < -0.39 is 0 Å². The monoisotopic (exact) mass is 258 g/mol. The fourth-order valence-electron chi connectivity index (χ4n) is 1.51. The van der Waals surface area contributed by atoms with Crippen LogP contribution in [0.4, 0.5) is 4.79 Å². The zero-order valence-corrected chi connectivity index (χ0v) is 10.3. The lowest BCUT2D eigenvalue weighted by Gasteiger charge is -2.07. The van der Waals surface area contributed by atoms with Gasteiger partial charge in [0.15, 0.2) is 5.76 Å². The molecule has 0 aliphatic heterocycles. The Labute approximate surface area is 110 Å². The van der Waals surface area contributed by atoms with E-state index in [9.17, 15) is 4.79 Å². The Morgan fingerprint density at radius 1 is 1.37 bits per heavy atom. The zero-order chi connectivity index (χ0) is 13.5. The molecular formula is C13H14N4O2. The van der Waals surface area contributed by atoms with E-state index in [0.717, 1.165) is 0 Å². The van der Waals surface area contributed by atoms with Gasteiger partial charge in [0.2, 0.25) is 0 Å². The number of urea groups is 1. The van der Waals surface area contributed by atoms with E-state index in [4.69, 9.17) is 4.42 Å². The van der Waals surface area contributed by atoms with E-state index in [2.05, 4.69) is 27.2 Å². The molecule has 2 rings (SSSR count). The lowest BCUT2D eigenvalue weighted by atomic mass is 10.2. The lowest BCUT2D eigenvalue weighted by molar-refractivity contribution is 0.241. The highest BCUT2D eigenvalue weighted by Gasteiger charge is 2.10. The molecule has 0 bridgehead atoms. The van der Waals surface area contributed by atoms with Crippen LogP contribution in [0.2, 0.25) is 0 Å². The number of hydrogen-bond donors (Lipinski definition) is 2. The van der Waals surface area contributed by atoms with Gasteiger partial charge in [-0.25, -0.2) is 9.78 Å². The fraction of sp³-hybridized carbons (Fsp3) is 0.154. The molecule has 2 aromatic heterocycles. The second kappa shape index (κ2) is 6.34. The first kappa shape index (κ1) is 12.8. The van der Waals surface area contributed by atoms with Crippen molar-refractivity contribution in [3.05, 3.63) is 49.1 Å². The maximum absolute atomic E-state index is 11.4. The summed E-state index contributed by atoms with van der Waals surface area (Å²) in [6, 6.07) is 3.29. The molecule has 6 heteroatoms. The van der Waals surface area contributed by atoms with Gasteiger partial charge in [-0.05, 0) is 12.1 Å². The number of furan rings is 1. The molecule has 0 aliphatic carbocycles. The molecule has 0 saturated heterocycles. The highest BCUT2D eigenvalue weighted by molar-refractivity contribution is 5.74. The molecule has 6 nitrogen and oxygen atoms in total. The third kappa shape index (κ3) is 3.41. The first-order valence-electron chi connectivity index (χ1n) is 5.77. The predicted molar refractivity (Wildman–Crippen MR) is 70.2 cm³/mol. The number of nitrogens with one attached hydrogen (secondary N) is 2. The van der Waals surface area contributed by atoms with Gasteiger partial charge in [0.25, 0.3) is 0 Å². The zero-order valence-electron chi connectivity index (χ0n) is 10.3. The van der Waals surface area contributed by atoms with Crippen LogP contribution < -0.4 is 10.6 Å². The first-order valence-corrected chi connectivity index (χ1v) is 5.77. The Morgan fingerprint density at radius 2 is 2.21 bits per heavy atom. The van der Waals surface area contributed by atoms with Crippen molar-refractivity contribution in [1.82, 2.24) is 20.6 Å². The van der Waals surface area contributed by atoms with E-state index in [1.807, 2.05) is 0 Å². The summed E-state index contributed by atoms with van der Waals surface area (Å²) >= 11 is 0. The largest absolute Gasteiger partial charge is 0.463 e. The van der Waals surface area contributed by atoms with Gasteiger partial charge in [0.05, 0.1) is 18.5 Å². The van der Waals surface area contributed by atoms with Gasteiger partial charge in [-0.3, -0.25) is 4.98 Å². The summed E-state index contributed by atoms with van der Waals surface area (Å²) in [5.74, 6) is 0.622. The fourth-order valence-corrected chi connectivity index (χ4v) is 1.51. The molecule has 2 N–H and O–H groups in total. The van der Waals surface area contributed by atoms with Gasteiger partial charge in [-0.2, -0.15) is 0 Å². The molecule has 0 aromatic carbocycles. The number of amides is 2. The summed E-state index contributed by atoms with van der Waals surface area (Å²) in [6.45, 7) is 4.21. The normalized spacial score (nSPS) is 9.89. The van der Waals surface area contributed by atoms with Crippen LogP contribution in [-0.4, -0.2) is 22.5 Å². The van der Waals surface area contributed by atoms with Crippen molar-refractivity contribution in [3.8, 4) is 11.5 Å². The van der Waals surface area contributed by atoms with E-state index >= 15 is 0 Å². The van der Waals surface area contributed by atoms with Gasteiger partial charge >= 0.3 is 6.03 Å². The topological polar surface area (TPSA) is 80.0 Å². The van der Waals surface area contributed by atoms with Crippen LogP contribution in [0.3, 0.4) is 0 Å². The SMILES string of the molecule is C=CCNC(=O)NCc1nccnc1-c1ccco1. The third-order valence-electron chi connectivity index (χ3n) is 2.35. The minimum atomic E-state index is -0.282. The minimum absolute atomic E-state index is 0.271. The van der Waals surface area contributed by atoms with Crippen molar-refractivity contribution in [1.29, 1.82) is 0 Å². The molecule has 2 amide bonds. The number of hydrogen-bond acceptors (Lipinski definition) is 4. The Balaban J connectivity index is 2.05. The average Bonchev–Trinajstić information content (AvgIpc) is 2.97. The summed E-state index contributed by atoms with van der Waals surface area (Å²) in [7, 11) is 0. The average molecular weight is 258 g/mol. The lowest BCUT2D eigenvalue weighted by Crippen LogP contribution is -2.35. The molecule has 0 radical (unpaired) electrons. The smallest absolute Gasteiger partial charge is 0.315 e. The highest BCUT2D eigenvalue weighted by atomic mass is 16.3. The van der Waals surface area contributed by atoms with Gasteiger partial charge in [-0.1, -0.05) is 6.08 Å². The summed E-state index contributed by atoms with van der Waals surface area (Å²) in [4.78, 5) is 19.9. The molecule has 98 valence electrons. The van der Waals surface area contributed by atoms with Crippen molar-refractivity contribution < 1.29 is 9.21 Å². The summed E-state index contributed by atoms with van der Waals surface area (Å²) in [6.07, 6.45) is 6.33. The third-order valence-corrected chi connectivity index (χ3v) is 2.35. The van der Waals surface area contributed by atoms with E-state index in [1.165, 1.54) is 0 Å². The molecule has 0 aliphatic rings. The Bertz CT molecular complexity index is 552. The van der Waals surface area contributed by atoms with E-state index in [1.54, 1.807) is 36.9 Å². The second-order valence-corrected chi connectivity index (χ2v) is 3.68. The Hall–Kier alpha value is -2.63. The van der Waals surface area contributed by atoms with Gasteiger partial charge < -0.3 is 15.1 Å². The first-order chi connectivity index (χ1) is 9.31. The number of rotatable bonds is 5. The molecule has 0 fully saturated rings. The summed E-state index contributed by atoms with van der Waals surface area (Å²) in [5, 5.41) is 5.31. The van der Waals surface area contributed by atoms with Gasteiger partial charge in [0.1, 0.15) is 5.69 Å². The van der Waals surface area contributed by atoms with Gasteiger partial charge in [-0.15, -0.1) is 6.58 Å². The number of nitrogens with zero attached hydrogens (tertiary/aromatic N) is 2. The number of aromatic nitrogens is 2. The van der Waals surface area contributed by atoms with Crippen LogP contribution in [0.5, 0.6) is 0 Å². The predicted octanol–water partition coefficient (Wildman–Crippen LogP) is 1.72. The molecule has 2 heterocycles. The van der Waals surface area contributed by atoms with Gasteiger partial charge in [0, 0.05) is 18.9 Å². The summed E-state index contributed by atoms with van der Waals surface area (Å²) in [5.41, 5.74) is 1.27. The van der Waals surface area contributed by atoms with Crippen molar-refractivity contribution in [2.24, 2.45) is 0 Å². The van der Waals surface area contributed by atoms with Crippen LogP contribution in [0.25, 0.3) is 11.5 Å². The Kier molecular flexibility index (Phi) is 4.28.